The van der Waals surface area contributed by atoms with Gasteiger partial charge in [0, 0.05) is 23.9 Å². The lowest BCUT2D eigenvalue weighted by molar-refractivity contribution is 0.933. The Morgan fingerprint density at radius 2 is 2.12 bits per heavy atom. The maximum atomic E-state index is 8.84. The topological polar surface area (TPSA) is 39.9 Å². The zero-order valence-corrected chi connectivity index (χ0v) is 10.1. The van der Waals surface area contributed by atoms with Gasteiger partial charge < -0.3 is 4.90 Å². The van der Waals surface area contributed by atoms with Crippen LogP contribution in [-0.4, -0.2) is 18.1 Å². The number of hydrogen-bond acceptors (Lipinski definition) is 4. The fourth-order valence-corrected chi connectivity index (χ4v) is 3.40. The average molecular weight is 233 g/mol. The third-order valence-electron chi connectivity index (χ3n) is 3.30. The van der Waals surface area contributed by atoms with Gasteiger partial charge >= 0.3 is 0 Å². The standard InChI is InChI=1S/C12H15N3S/c13-6-5-10-11(9-3-4-9)14-12(16-10)15-7-1-2-8-15/h9H,1-5,7-8H2. The Hall–Kier alpha value is -1.08. The van der Waals surface area contributed by atoms with E-state index in [2.05, 4.69) is 11.0 Å². The summed E-state index contributed by atoms with van der Waals surface area (Å²) < 4.78 is 0. The first-order valence-corrected chi connectivity index (χ1v) is 6.81. The van der Waals surface area contributed by atoms with E-state index in [1.807, 2.05) is 0 Å². The number of hydrogen-bond donors (Lipinski definition) is 0. The van der Waals surface area contributed by atoms with Gasteiger partial charge in [-0.1, -0.05) is 0 Å². The number of nitriles is 1. The molecule has 3 nitrogen and oxygen atoms in total. The van der Waals surface area contributed by atoms with Crippen molar-refractivity contribution in [3.63, 3.8) is 0 Å². The molecule has 0 unspecified atom stereocenters. The molecule has 16 heavy (non-hydrogen) atoms. The van der Waals surface area contributed by atoms with Crippen LogP contribution in [0.25, 0.3) is 0 Å². The van der Waals surface area contributed by atoms with Crippen molar-refractivity contribution in [2.45, 2.75) is 38.0 Å². The van der Waals surface area contributed by atoms with Gasteiger partial charge in [0.05, 0.1) is 18.2 Å². The van der Waals surface area contributed by atoms with Crippen LogP contribution in [0.3, 0.4) is 0 Å². The van der Waals surface area contributed by atoms with E-state index >= 15 is 0 Å². The van der Waals surface area contributed by atoms with Gasteiger partial charge in [-0.05, 0) is 25.7 Å². The van der Waals surface area contributed by atoms with E-state index in [1.165, 1.54) is 36.3 Å². The molecule has 1 aliphatic carbocycles. The molecule has 0 bridgehead atoms. The summed E-state index contributed by atoms with van der Waals surface area (Å²) in [5, 5.41) is 9.99. The second-order valence-electron chi connectivity index (χ2n) is 4.61. The number of anilines is 1. The molecule has 2 heterocycles. The molecule has 2 fully saturated rings. The molecule has 1 saturated heterocycles. The Morgan fingerprint density at radius 1 is 1.38 bits per heavy atom. The Morgan fingerprint density at radius 3 is 2.75 bits per heavy atom. The molecule has 0 amide bonds. The van der Waals surface area contributed by atoms with Crippen LogP contribution < -0.4 is 4.90 Å². The molecule has 1 aromatic heterocycles. The Labute approximate surface area is 99.7 Å². The second kappa shape index (κ2) is 4.06. The average Bonchev–Trinajstić information content (AvgIpc) is 2.82. The van der Waals surface area contributed by atoms with Crippen molar-refractivity contribution in [1.82, 2.24) is 4.98 Å². The van der Waals surface area contributed by atoms with Gasteiger partial charge in [-0.15, -0.1) is 11.3 Å². The summed E-state index contributed by atoms with van der Waals surface area (Å²) in [6, 6.07) is 2.26. The highest BCUT2D eigenvalue weighted by Gasteiger charge is 2.30. The molecule has 0 radical (unpaired) electrons. The molecule has 1 saturated carbocycles. The van der Waals surface area contributed by atoms with Crippen molar-refractivity contribution in [2.24, 2.45) is 0 Å². The Bertz CT molecular complexity index is 422. The van der Waals surface area contributed by atoms with E-state index in [4.69, 9.17) is 10.2 Å². The lowest BCUT2D eigenvalue weighted by Crippen LogP contribution is -2.17. The molecule has 0 aromatic carbocycles. The first kappa shape index (κ1) is 10.1. The van der Waals surface area contributed by atoms with Crippen LogP contribution in [0.1, 0.15) is 42.2 Å². The fourth-order valence-electron chi connectivity index (χ4n) is 2.27. The normalized spacial score (nSPS) is 20.1. The summed E-state index contributed by atoms with van der Waals surface area (Å²) in [7, 11) is 0. The fraction of sp³-hybridized carbons (Fsp3) is 0.667. The van der Waals surface area contributed by atoms with Crippen molar-refractivity contribution in [2.75, 3.05) is 18.0 Å². The maximum Gasteiger partial charge on any atom is 0.185 e. The second-order valence-corrected chi connectivity index (χ2v) is 5.67. The molecule has 84 valence electrons. The van der Waals surface area contributed by atoms with Gasteiger partial charge in [0.15, 0.2) is 5.13 Å². The van der Waals surface area contributed by atoms with E-state index < -0.39 is 0 Å². The molecule has 1 aliphatic heterocycles. The minimum Gasteiger partial charge on any atom is -0.348 e. The van der Waals surface area contributed by atoms with Gasteiger partial charge in [0.2, 0.25) is 0 Å². The van der Waals surface area contributed by atoms with Gasteiger partial charge in [0.25, 0.3) is 0 Å². The first-order chi connectivity index (χ1) is 7.88. The van der Waals surface area contributed by atoms with E-state index in [0.717, 1.165) is 18.2 Å². The third-order valence-corrected chi connectivity index (χ3v) is 4.43. The summed E-state index contributed by atoms with van der Waals surface area (Å²) in [5.74, 6) is 0.663. The number of nitrogens with zero attached hydrogens (tertiary/aromatic N) is 3. The lowest BCUT2D eigenvalue weighted by atomic mass is 10.2. The molecule has 0 atom stereocenters. The molecule has 0 spiro atoms. The molecular formula is C12H15N3S. The summed E-state index contributed by atoms with van der Waals surface area (Å²) in [6.45, 7) is 2.28. The highest BCUT2D eigenvalue weighted by Crippen LogP contribution is 2.44. The largest absolute Gasteiger partial charge is 0.348 e. The van der Waals surface area contributed by atoms with Crippen molar-refractivity contribution in [3.8, 4) is 6.07 Å². The molecular weight excluding hydrogens is 218 g/mol. The molecule has 2 aliphatic rings. The van der Waals surface area contributed by atoms with E-state index in [-0.39, 0.29) is 0 Å². The van der Waals surface area contributed by atoms with Gasteiger partial charge in [0.1, 0.15) is 0 Å². The zero-order valence-electron chi connectivity index (χ0n) is 9.28. The van der Waals surface area contributed by atoms with Crippen LogP contribution in [-0.2, 0) is 6.42 Å². The van der Waals surface area contributed by atoms with E-state index in [9.17, 15) is 0 Å². The van der Waals surface area contributed by atoms with Crippen LogP contribution in [0.2, 0.25) is 0 Å². The summed E-state index contributed by atoms with van der Waals surface area (Å²) >= 11 is 1.74. The summed E-state index contributed by atoms with van der Waals surface area (Å²) in [6.07, 6.45) is 5.64. The number of rotatable bonds is 3. The van der Waals surface area contributed by atoms with Gasteiger partial charge in [-0.2, -0.15) is 5.26 Å². The summed E-state index contributed by atoms with van der Waals surface area (Å²) in [4.78, 5) is 8.35. The third kappa shape index (κ3) is 1.80. The monoisotopic (exact) mass is 233 g/mol. The van der Waals surface area contributed by atoms with Crippen molar-refractivity contribution < 1.29 is 0 Å². The molecule has 4 heteroatoms. The van der Waals surface area contributed by atoms with Crippen molar-refractivity contribution >= 4 is 16.5 Å². The number of aromatic nitrogens is 1. The first-order valence-electron chi connectivity index (χ1n) is 6.00. The maximum absolute atomic E-state index is 8.84. The van der Waals surface area contributed by atoms with Crippen LogP contribution >= 0.6 is 11.3 Å². The van der Waals surface area contributed by atoms with E-state index in [0.29, 0.717) is 12.3 Å². The van der Waals surface area contributed by atoms with Crippen LogP contribution in [0.4, 0.5) is 5.13 Å². The summed E-state index contributed by atoms with van der Waals surface area (Å²) in [5.41, 5.74) is 1.23. The van der Waals surface area contributed by atoms with Gasteiger partial charge in [-0.25, -0.2) is 4.98 Å². The van der Waals surface area contributed by atoms with E-state index in [1.54, 1.807) is 11.3 Å². The quantitative estimate of drug-likeness (QED) is 0.806. The van der Waals surface area contributed by atoms with Crippen LogP contribution in [0.15, 0.2) is 0 Å². The minimum absolute atomic E-state index is 0.539. The highest BCUT2D eigenvalue weighted by atomic mass is 32.1. The molecule has 1 aromatic rings. The Kier molecular flexibility index (Phi) is 2.56. The highest BCUT2D eigenvalue weighted by molar-refractivity contribution is 7.15. The predicted molar refractivity (Wildman–Crippen MR) is 64.9 cm³/mol. The van der Waals surface area contributed by atoms with Crippen LogP contribution in [0, 0.1) is 11.3 Å². The van der Waals surface area contributed by atoms with Crippen molar-refractivity contribution in [3.05, 3.63) is 10.6 Å². The lowest BCUT2D eigenvalue weighted by Gasteiger charge is -2.12. The Balaban J connectivity index is 1.88. The smallest absolute Gasteiger partial charge is 0.185 e. The predicted octanol–water partition coefficient (Wildman–Crippen LogP) is 2.69. The minimum atomic E-state index is 0.539. The SMILES string of the molecule is N#CCc1sc(N2CCCC2)nc1C1CC1. The van der Waals surface area contributed by atoms with Crippen molar-refractivity contribution in [1.29, 1.82) is 5.26 Å². The number of thiazole rings is 1. The zero-order chi connectivity index (χ0) is 11.0. The van der Waals surface area contributed by atoms with Crippen LogP contribution in [0.5, 0.6) is 0 Å². The molecule has 3 rings (SSSR count). The molecule has 0 N–H and O–H groups in total. The van der Waals surface area contributed by atoms with Gasteiger partial charge in [-0.3, -0.25) is 0 Å².